The van der Waals surface area contributed by atoms with E-state index in [0.29, 0.717) is 36.7 Å². The molecule has 1 aliphatic heterocycles. The van der Waals surface area contributed by atoms with E-state index >= 15 is 0 Å². The summed E-state index contributed by atoms with van der Waals surface area (Å²) in [6, 6.07) is 5.65. The van der Waals surface area contributed by atoms with E-state index in [1.54, 1.807) is 27.3 Å². The Morgan fingerprint density at radius 1 is 1.33 bits per heavy atom. The second-order valence-corrected chi connectivity index (χ2v) is 7.41. The van der Waals surface area contributed by atoms with Crippen LogP contribution in [0.15, 0.2) is 29.2 Å². The molecule has 1 aliphatic rings. The number of nitrogens with zero attached hydrogens (tertiary/aromatic N) is 2. The van der Waals surface area contributed by atoms with Gasteiger partial charge in [-0.15, -0.1) is 0 Å². The molecule has 1 atom stereocenters. The molecule has 2 heterocycles. The maximum absolute atomic E-state index is 12.8. The first kappa shape index (κ1) is 23.9. The summed E-state index contributed by atoms with van der Waals surface area (Å²) in [6.45, 7) is 2.69. The predicted octanol–water partition coefficient (Wildman–Crippen LogP) is -0.233. The zero-order chi connectivity index (χ0) is 23.8. The molecule has 0 radical (unpaired) electrons. The molecular weight excluding hydrogens is 430 g/mol. The summed E-state index contributed by atoms with van der Waals surface area (Å²) in [4.78, 5) is 34.6. The summed E-state index contributed by atoms with van der Waals surface area (Å²) >= 11 is 0. The number of aryl methyl sites for hydroxylation is 1. The monoisotopic (exact) mass is 459 g/mol. The van der Waals surface area contributed by atoms with Gasteiger partial charge in [0.05, 0.1) is 14.2 Å². The highest BCUT2D eigenvalue weighted by Crippen LogP contribution is 2.27. The average molecular weight is 460 g/mol. The van der Waals surface area contributed by atoms with Crippen LogP contribution >= 0.6 is 0 Å². The van der Waals surface area contributed by atoms with Gasteiger partial charge in [-0.2, -0.15) is 0 Å². The van der Waals surface area contributed by atoms with Gasteiger partial charge in [0.1, 0.15) is 12.6 Å². The second-order valence-electron chi connectivity index (χ2n) is 7.41. The lowest BCUT2D eigenvalue weighted by Gasteiger charge is -2.25. The van der Waals surface area contributed by atoms with Crippen molar-refractivity contribution in [2.45, 2.75) is 26.0 Å². The molecule has 1 fully saturated rings. The molecule has 5 N–H and O–H groups in total. The van der Waals surface area contributed by atoms with Crippen LogP contribution in [0, 0.1) is 12.3 Å². The number of carbonyl (C=O) groups excluding carboxylic acids is 1. The van der Waals surface area contributed by atoms with Gasteiger partial charge in [-0.3, -0.25) is 24.4 Å². The molecule has 0 aliphatic carbocycles. The lowest BCUT2D eigenvalue weighted by Crippen LogP contribution is -2.53. The largest absolute Gasteiger partial charge is 0.493 e. The number of hydrogen-bond acceptors (Lipinski definition) is 8. The van der Waals surface area contributed by atoms with Crippen molar-refractivity contribution < 1.29 is 19.1 Å². The highest BCUT2D eigenvalue weighted by atomic mass is 16.7. The Balaban J connectivity index is 1.56. The molecule has 1 aromatic heterocycles. The Hall–Kier alpha value is -3.80. The molecule has 0 saturated carbocycles. The van der Waals surface area contributed by atoms with Gasteiger partial charge in [-0.1, -0.05) is 6.07 Å². The van der Waals surface area contributed by atoms with Gasteiger partial charge in [0, 0.05) is 31.5 Å². The number of amides is 1. The van der Waals surface area contributed by atoms with Crippen LogP contribution in [0.1, 0.15) is 11.3 Å². The van der Waals surface area contributed by atoms with Crippen molar-refractivity contribution in [2.75, 3.05) is 39.2 Å². The summed E-state index contributed by atoms with van der Waals surface area (Å²) in [5, 5.41) is 15.9. The minimum atomic E-state index is -0.372. The van der Waals surface area contributed by atoms with Gasteiger partial charge in [-0.05, 0) is 31.0 Å². The fraction of sp³-hybridized carbons (Fsp3) is 0.429. The predicted molar refractivity (Wildman–Crippen MR) is 122 cm³/mol. The molecule has 12 nitrogen and oxygen atoms in total. The van der Waals surface area contributed by atoms with Crippen LogP contribution in [0.25, 0.3) is 0 Å². The topological polar surface area (TPSA) is 152 Å². The number of rotatable bonds is 10. The zero-order valence-corrected chi connectivity index (χ0v) is 18.9. The van der Waals surface area contributed by atoms with Crippen LogP contribution in [0.2, 0.25) is 0 Å². The number of nitrogens with one attached hydrogen (secondary N) is 5. The van der Waals surface area contributed by atoms with E-state index in [2.05, 4.69) is 26.4 Å². The maximum Gasteiger partial charge on any atom is 0.293 e. The molecule has 0 bridgehead atoms. The number of benzene rings is 1. The highest BCUT2D eigenvalue weighted by Gasteiger charge is 2.18. The first-order chi connectivity index (χ1) is 15.9. The third kappa shape index (κ3) is 6.35. The van der Waals surface area contributed by atoms with Crippen LogP contribution in [-0.2, 0) is 22.6 Å². The van der Waals surface area contributed by atoms with E-state index in [1.807, 2.05) is 18.2 Å². The second kappa shape index (κ2) is 11.2. The molecule has 1 amide bonds. The standard InChI is InChI=1S/C21H29N7O5/c1-13-9-25-19(23-7-6-14-4-5-16(31-2)17(8-14)32-3)20(30)28(13)12-18(29)24-10-15-11-26-21(22)27-33-15/h4-5,8-9,15H,6-7,10-12H2,1-3H3,(H,23,25)(H,24,29)(H3,22,26,27). The smallest absolute Gasteiger partial charge is 0.293 e. The Labute approximate surface area is 191 Å². The summed E-state index contributed by atoms with van der Waals surface area (Å²) in [5.41, 5.74) is 3.62. The van der Waals surface area contributed by atoms with E-state index in [1.165, 1.54) is 4.57 Å². The molecule has 12 heteroatoms. The molecular formula is C21H29N7O5. The van der Waals surface area contributed by atoms with E-state index in [4.69, 9.17) is 19.7 Å². The molecule has 2 aromatic rings. The van der Waals surface area contributed by atoms with Gasteiger partial charge in [-0.25, -0.2) is 10.5 Å². The quantitative estimate of drug-likeness (QED) is 0.324. The summed E-state index contributed by atoms with van der Waals surface area (Å²) in [6.07, 6.45) is 1.86. The van der Waals surface area contributed by atoms with E-state index in [0.717, 1.165) is 5.56 Å². The first-order valence-corrected chi connectivity index (χ1v) is 10.4. The van der Waals surface area contributed by atoms with Gasteiger partial charge < -0.3 is 25.4 Å². The maximum atomic E-state index is 12.8. The molecule has 0 spiro atoms. The Kier molecular flexibility index (Phi) is 8.08. The summed E-state index contributed by atoms with van der Waals surface area (Å²) in [5.74, 6) is 1.21. The number of aromatic nitrogens is 2. The van der Waals surface area contributed by atoms with Crippen molar-refractivity contribution in [2.24, 2.45) is 0 Å². The third-order valence-electron chi connectivity index (χ3n) is 5.07. The Morgan fingerprint density at radius 3 is 2.82 bits per heavy atom. The summed E-state index contributed by atoms with van der Waals surface area (Å²) < 4.78 is 11.9. The van der Waals surface area contributed by atoms with Crippen molar-refractivity contribution >= 4 is 17.7 Å². The Morgan fingerprint density at radius 2 is 2.12 bits per heavy atom. The normalized spacial score (nSPS) is 15.2. The molecule has 1 aromatic carbocycles. The molecule has 1 saturated heterocycles. The number of carbonyl (C=O) groups is 1. The fourth-order valence-corrected chi connectivity index (χ4v) is 3.23. The minimum absolute atomic E-state index is 0.0719. The lowest BCUT2D eigenvalue weighted by molar-refractivity contribution is -0.122. The minimum Gasteiger partial charge on any atom is -0.493 e. The van der Waals surface area contributed by atoms with Crippen molar-refractivity contribution in [3.05, 3.63) is 46.0 Å². The molecule has 1 unspecified atom stereocenters. The van der Waals surface area contributed by atoms with Crippen LogP contribution in [0.3, 0.4) is 0 Å². The fourth-order valence-electron chi connectivity index (χ4n) is 3.23. The number of methoxy groups -OCH3 is 2. The number of hydroxylamine groups is 1. The highest BCUT2D eigenvalue weighted by molar-refractivity contribution is 5.76. The van der Waals surface area contributed by atoms with Crippen molar-refractivity contribution in [3.8, 4) is 11.5 Å². The number of anilines is 1. The number of guanidine groups is 1. The number of ether oxygens (including phenoxy) is 2. The molecule has 33 heavy (non-hydrogen) atoms. The van der Waals surface area contributed by atoms with Crippen molar-refractivity contribution in [1.29, 1.82) is 5.41 Å². The van der Waals surface area contributed by atoms with Crippen LogP contribution in [0.5, 0.6) is 11.5 Å². The van der Waals surface area contributed by atoms with Crippen LogP contribution in [0.4, 0.5) is 5.82 Å². The lowest BCUT2D eigenvalue weighted by atomic mass is 10.1. The van der Waals surface area contributed by atoms with Gasteiger partial charge in [0.25, 0.3) is 5.56 Å². The van der Waals surface area contributed by atoms with Gasteiger partial charge in [0.2, 0.25) is 11.9 Å². The van der Waals surface area contributed by atoms with Crippen molar-refractivity contribution in [3.63, 3.8) is 0 Å². The third-order valence-corrected chi connectivity index (χ3v) is 5.07. The zero-order valence-electron chi connectivity index (χ0n) is 18.9. The van der Waals surface area contributed by atoms with Crippen LogP contribution in [-0.4, -0.2) is 61.4 Å². The Bertz CT molecular complexity index is 1050. The molecule has 3 rings (SSSR count). The van der Waals surface area contributed by atoms with E-state index in [9.17, 15) is 9.59 Å². The first-order valence-electron chi connectivity index (χ1n) is 10.4. The SMILES string of the molecule is COc1ccc(CCNc2ncc(C)n(CC(=O)NCC3CNC(=N)NO3)c2=O)cc1OC. The molecule has 178 valence electrons. The summed E-state index contributed by atoms with van der Waals surface area (Å²) in [7, 11) is 3.16. The number of hydrogen-bond donors (Lipinski definition) is 5. The van der Waals surface area contributed by atoms with E-state index in [-0.39, 0.29) is 42.4 Å². The van der Waals surface area contributed by atoms with Crippen molar-refractivity contribution in [1.82, 2.24) is 25.7 Å². The average Bonchev–Trinajstić information content (AvgIpc) is 2.82. The van der Waals surface area contributed by atoms with Gasteiger partial charge in [0.15, 0.2) is 17.3 Å². The van der Waals surface area contributed by atoms with Gasteiger partial charge >= 0.3 is 0 Å². The van der Waals surface area contributed by atoms with E-state index < -0.39 is 0 Å². The van der Waals surface area contributed by atoms with Crippen LogP contribution < -0.4 is 36.5 Å².